The molecule has 0 saturated carbocycles. The quantitative estimate of drug-likeness (QED) is 0.394. The van der Waals surface area contributed by atoms with Crippen molar-refractivity contribution in [2.75, 3.05) is 7.11 Å². The first-order valence-electron chi connectivity index (χ1n) is 12.0. The Morgan fingerprint density at radius 1 is 0.818 bits per heavy atom. The molecule has 0 radical (unpaired) electrons. The van der Waals surface area contributed by atoms with Crippen LogP contribution in [0.4, 0.5) is 0 Å². The number of esters is 1. The number of rotatable bonds is 8. The van der Waals surface area contributed by atoms with Crippen molar-refractivity contribution in [3.8, 4) is 0 Å². The first kappa shape index (κ1) is 26.3. The lowest BCUT2D eigenvalue weighted by atomic mass is 9.45. The summed E-state index contributed by atoms with van der Waals surface area (Å²) in [5, 5.41) is 0. The fourth-order valence-electron chi connectivity index (χ4n) is 4.45. The third-order valence-corrected chi connectivity index (χ3v) is 7.99. The highest BCUT2D eigenvalue weighted by molar-refractivity contribution is 6.68. The molecule has 6 nitrogen and oxygen atoms in total. The van der Waals surface area contributed by atoms with E-state index < -0.39 is 36.6 Å². The maximum atomic E-state index is 11.8. The summed E-state index contributed by atoms with van der Waals surface area (Å²) < 4.78 is 31.1. The molecule has 182 valence electrons. The zero-order chi connectivity index (χ0) is 24.7. The van der Waals surface area contributed by atoms with Crippen molar-refractivity contribution in [2.45, 2.75) is 109 Å². The van der Waals surface area contributed by atoms with Crippen LogP contribution in [0.5, 0.6) is 0 Å². The van der Waals surface area contributed by atoms with E-state index in [2.05, 4.69) is 67.5 Å². The monoisotopic (exact) mass is 458 g/mol. The van der Waals surface area contributed by atoms with Crippen LogP contribution in [0.3, 0.4) is 0 Å². The van der Waals surface area contributed by atoms with Gasteiger partial charge in [0.25, 0.3) is 0 Å². The summed E-state index contributed by atoms with van der Waals surface area (Å²) in [5.74, 6) is -0.204. The van der Waals surface area contributed by atoms with Gasteiger partial charge in [-0.05, 0) is 79.7 Å². The maximum Gasteiger partial charge on any atom is 0.459 e. The van der Waals surface area contributed by atoms with Crippen molar-refractivity contribution in [3.63, 3.8) is 0 Å². The van der Waals surface area contributed by atoms with Crippen LogP contribution in [-0.4, -0.2) is 49.7 Å². The second kappa shape index (κ2) is 9.37. The Morgan fingerprint density at radius 2 is 1.24 bits per heavy atom. The van der Waals surface area contributed by atoms with Gasteiger partial charge in [0.05, 0.1) is 29.5 Å². The minimum Gasteiger partial charge on any atom is -0.469 e. The first-order chi connectivity index (χ1) is 15.2. The SMILES string of the molecule is COC(=O)CCCC(c1ccccc1)C(B1OC(C)(C)C(C)(C)O1)B1OC(C)(C)C(C)(C)O1. The maximum absolute atomic E-state index is 11.8. The predicted molar refractivity (Wildman–Crippen MR) is 131 cm³/mol. The van der Waals surface area contributed by atoms with Crippen molar-refractivity contribution >= 4 is 20.2 Å². The Kier molecular flexibility index (Phi) is 7.46. The van der Waals surface area contributed by atoms with Gasteiger partial charge in [0.1, 0.15) is 0 Å². The molecule has 3 rings (SSSR count). The normalized spacial score (nSPS) is 23.7. The van der Waals surface area contributed by atoms with Crippen molar-refractivity contribution < 1.29 is 28.1 Å². The fourth-order valence-corrected chi connectivity index (χ4v) is 4.45. The molecule has 0 spiro atoms. The molecule has 1 unspecified atom stereocenters. The summed E-state index contributed by atoms with van der Waals surface area (Å²) in [6.45, 7) is 16.5. The van der Waals surface area contributed by atoms with E-state index in [0.717, 1.165) is 12.0 Å². The number of benzene rings is 1. The molecule has 2 heterocycles. The standard InChI is InChI=1S/C25H40B2O6/c1-22(2)23(3,4)31-26(30-22)21(27-32-24(5,6)25(7,8)33-27)19(16-13-17-20(28)29-9)18-14-11-10-12-15-18/h10-12,14-15,19,21H,13,16-17H2,1-9H3. The molecule has 2 saturated heterocycles. The Labute approximate surface area is 200 Å². The highest BCUT2D eigenvalue weighted by atomic mass is 16.7. The molecule has 8 heteroatoms. The highest BCUT2D eigenvalue weighted by Gasteiger charge is 2.63. The summed E-state index contributed by atoms with van der Waals surface area (Å²) >= 11 is 0. The van der Waals surface area contributed by atoms with Gasteiger partial charge in [-0.1, -0.05) is 30.3 Å². The van der Waals surface area contributed by atoms with E-state index in [0.29, 0.717) is 12.8 Å². The first-order valence-corrected chi connectivity index (χ1v) is 12.0. The molecule has 0 amide bonds. The molecule has 2 aliphatic heterocycles. The van der Waals surface area contributed by atoms with Gasteiger partial charge in [-0.2, -0.15) is 0 Å². The minimum absolute atomic E-state index is 0.000237. The average molecular weight is 458 g/mol. The van der Waals surface area contributed by atoms with Gasteiger partial charge in [0, 0.05) is 12.1 Å². The molecule has 0 aliphatic carbocycles. The van der Waals surface area contributed by atoms with Crippen LogP contribution in [0.15, 0.2) is 30.3 Å². The molecule has 33 heavy (non-hydrogen) atoms. The van der Waals surface area contributed by atoms with E-state index in [1.807, 2.05) is 18.2 Å². The second-order valence-corrected chi connectivity index (χ2v) is 11.3. The molecule has 1 aromatic carbocycles. The van der Waals surface area contributed by atoms with E-state index in [1.54, 1.807) is 0 Å². The van der Waals surface area contributed by atoms with E-state index >= 15 is 0 Å². The van der Waals surface area contributed by atoms with E-state index in [9.17, 15) is 4.79 Å². The van der Waals surface area contributed by atoms with Gasteiger partial charge in [0.2, 0.25) is 0 Å². The second-order valence-electron chi connectivity index (χ2n) is 11.3. The fraction of sp³-hybridized carbons (Fsp3) is 0.720. The average Bonchev–Trinajstić information content (AvgIpc) is 3.06. The number of methoxy groups -OCH3 is 1. The number of carbonyl (C=O) groups is 1. The zero-order valence-corrected chi connectivity index (χ0v) is 21.8. The Bertz CT molecular complexity index is 755. The lowest BCUT2D eigenvalue weighted by Gasteiger charge is -2.32. The van der Waals surface area contributed by atoms with Crippen molar-refractivity contribution in [3.05, 3.63) is 35.9 Å². The Hall–Kier alpha value is -1.34. The lowest BCUT2D eigenvalue weighted by molar-refractivity contribution is -0.140. The number of ether oxygens (including phenoxy) is 1. The van der Waals surface area contributed by atoms with Gasteiger partial charge < -0.3 is 23.4 Å². The van der Waals surface area contributed by atoms with Gasteiger partial charge in [-0.15, -0.1) is 0 Å². The van der Waals surface area contributed by atoms with E-state index in [1.165, 1.54) is 7.11 Å². The summed E-state index contributed by atoms with van der Waals surface area (Å²) in [7, 11) is 0.384. The topological polar surface area (TPSA) is 63.2 Å². The van der Waals surface area contributed by atoms with Crippen LogP contribution < -0.4 is 0 Å². The summed E-state index contributed by atoms with van der Waals surface area (Å²) in [6, 6.07) is 10.3. The minimum atomic E-state index is -0.520. The molecule has 0 aromatic heterocycles. The summed E-state index contributed by atoms with van der Waals surface area (Å²) in [4.78, 5) is 11.8. The van der Waals surface area contributed by atoms with Crippen molar-refractivity contribution in [1.29, 1.82) is 0 Å². The molecular formula is C25H40B2O6. The Balaban J connectivity index is 2.00. The van der Waals surface area contributed by atoms with Crippen LogP contribution >= 0.6 is 0 Å². The van der Waals surface area contributed by atoms with Crippen LogP contribution in [-0.2, 0) is 28.1 Å². The van der Waals surface area contributed by atoms with Crippen LogP contribution in [0.2, 0.25) is 5.72 Å². The molecular weight excluding hydrogens is 418 g/mol. The van der Waals surface area contributed by atoms with Crippen LogP contribution in [0.25, 0.3) is 0 Å². The Morgan fingerprint density at radius 3 is 1.64 bits per heavy atom. The van der Waals surface area contributed by atoms with Gasteiger partial charge in [-0.25, -0.2) is 0 Å². The largest absolute Gasteiger partial charge is 0.469 e. The number of hydrogen-bond acceptors (Lipinski definition) is 6. The summed E-state index contributed by atoms with van der Waals surface area (Å²) in [6.07, 6.45) is 1.79. The molecule has 1 aromatic rings. The highest BCUT2D eigenvalue weighted by Crippen LogP contribution is 2.50. The lowest BCUT2D eigenvalue weighted by Crippen LogP contribution is -2.42. The zero-order valence-electron chi connectivity index (χ0n) is 21.8. The molecule has 0 bridgehead atoms. The van der Waals surface area contributed by atoms with Crippen molar-refractivity contribution in [1.82, 2.24) is 0 Å². The molecule has 0 N–H and O–H groups in total. The van der Waals surface area contributed by atoms with E-state index in [-0.39, 0.29) is 17.6 Å². The van der Waals surface area contributed by atoms with Crippen LogP contribution in [0.1, 0.15) is 86.1 Å². The third-order valence-electron chi connectivity index (χ3n) is 7.99. The molecule has 2 fully saturated rings. The number of carbonyl (C=O) groups excluding carboxylic acids is 1. The predicted octanol–water partition coefficient (Wildman–Crippen LogP) is 5.21. The molecule has 1 atom stereocenters. The third kappa shape index (κ3) is 5.34. The number of hydrogen-bond donors (Lipinski definition) is 0. The summed E-state index contributed by atoms with van der Waals surface area (Å²) in [5.41, 5.74) is -0.997. The van der Waals surface area contributed by atoms with E-state index in [4.69, 9.17) is 23.4 Å². The smallest absolute Gasteiger partial charge is 0.459 e. The van der Waals surface area contributed by atoms with Crippen LogP contribution in [0, 0.1) is 0 Å². The van der Waals surface area contributed by atoms with Crippen molar-refractivity contribution in [2.24, 2.45) is 0 Å². The van der Waals surface area contributed by atoms with Gasteiger partial charge in [0.15, 0.2) is 0 Å². The van der Waals surface area contributed by atoms with Gasteiger partial charge >= 0.3 is 20.2 Å². The molecule has 2 aliphatic rings. The van der Waals surface area contributed by atoms with Gasteiger partial charge in [-0.3, -0.25) is 4.79 Å².